The minimum atomic E-state index is -5.19. The van der Waals surface area contributed by atoms with Gasteiger partial charge in [-0.25, -0.2) is 0 Å². The van der Waals surface area contributed by atoms with Crippen LogP contribution in [0.15, 0.2) is 0 Å². The Hall–Kier alpha value is -1.21. The van der Waals surface area contributed by atoms with E-state index in [-0.39, 0.29) is 53.7 Å². The van der Waals surface area contributed by atoms with Crippen LogP contribution in [0.25, 0.3) is 0 Å². The fourth-order valence-corrected chi connectivity index (χ4v) is 0. The first-order valence-electron chi connectivity index (χ1n) is 2.45. The molecule has 0 aromatic heterocycles. The Morgan fingerprint density at radius 3 is 0.619 bits per heavy atom. The van der Waals surface area contributed by atoms with Crippen LogP contribution in [0.3, 0.4) is 0 Å². The molecule has 1 radical (unpaired) electrons. The van der Waals surface area contributed by atoms with Crippen LogP contribution in [-0.4, -0.2) is 24.3 Å². The molecule has 0 heterocycles. The minimum Gasteiger partial charge on any atom is -0.542 e. The molecular weight excluding hydrogens is 369 g/mol. The number of hydrogen-bond acceptors (Lipinski definition) is 10. The van der Waals surface area contributed by atoms with E-state index in [1.165, 1.54) is 0 Å². The van der Waals surface area contributed by atoms with Gasteiger partial charge in [0.15, 0.2) is 0 Å². The Balaban J connectivity index is -0.0000000147. The normalized spacial score (nSPS) is 7.52. The Bertz CT molecular complexity index is 214. The zero-order valence-corrected chi connectivity index (χ0v) is 11.5. The van der Waals surface area contributed by atoms with Gasteiger partial charge in [0, 0.05) is 0 Å². The summed E-state index contributed by atoms with van der Waals surface area (Å²) in [5.41, 5.74) is 0. The summed E-state index contributed by atoms with van der Waals surface area (Å²) in [4.78, 5) is 17.6. The minimum absolute atomic E-state index is 0. The summed E-state index contributed by atoms with van der Waals surface area (Å²) in [6.07, 6.45) is -10.4. The van der Waals surface area contributed by atoms with Crippen molar-refractivity contribution in [2.75, 3.05) is 0 Å². The summed E-state index contributed by atoms with van der Waals surface area (Å²) in [5, 5.41) is 17.6. The van der Waals surface area contributed by atoms with Crippen molar-refractivity contribution in [3.8, 4) is 0 Å². The van der Waals surface area contributed by atoms with E-state index in [4.69, 9.17) is 19.8 Å². The van der Waals surface area contributed by atoms with Gasteiger partial charge in [-0.3, -0.25) is 0 Å². The standard InChI is InChI=1S/2C2HF3O2.Co.6H3N/c2*3-2(4,5)1(6)7;;;;;;;/h2*(H,6,7);;6*1H3/q;;+2;;;;;;/p-2. The Morgan fingerprint density at radius 2 is 0.619 bits per heavy atom. The van der Waals surface area contributed by atoms with Gasteiger partial charge in [0.1, 0.15) is 11.9 Å². The molecule has 0 aliphatic rings. The monoisotopic (exact) mass is 387 g/mol. The van der Waals surface area contributed by atoms with Gasteiger partial charge in [0.05, 0.1) is 0 Å². The third-order valence-corrected chi connectivity index (χ3v) is 0.463. The molecule has 0 aromatic rings. The molecule has 0 spiro atoms. The molecule has 0 unspecified atom stereocenters. The molecule has 21 heavy (non-hydrogen) atoms. The second kappa shape index (κ2) is 21.1. The van der Waals surface area contributed by atoms with Gasteiger partial charge in [-0.15, -0.1) is 0 Å². The van der Waals surface area contributed by atoms with E-state index in [9.17, 15) is 26.3 Å². The quantitative estimate of drug-likeness (QED) is 0.291. The second-order valence-corrected chi connectivity index (χ2v) is 1.57. The first-order chi connectivity index (χ1) is 5.89. The van der Waals surface area contributed by atoms with E-state index in [0.717, 1.165) is 0 Å². The number of aliphatic carboxylic acids is 2. The van der Waals surface area contributed by atoms with Crippen LogP contribution in [0.4, 0.5) is 26.3 Å². The first kappa shape index (κ1) is 60.0. The molecule has 18 N–H and O–H groups in total. The van der Waals surface area contributed by atoms with Crippen molar-refractivity contribution in [3.63, 3.8) is 0 Å². The van der Waals surface area contributed by atoms with Gasteiger partial charge in [-0.1, -0.05) is 0 Å². The van der Waals surface area contributed by atoms with E-state index in [0.29, 0.717) is 0 Å². The van der Waals surface area contributed by atoms with E-state index < -0.39 is 24.3 Å². The van der Waals surface area contributed by atoms with Gasteiger partial charge < -0.3 is 56.7 Å². The number of carbonyl (C=O) groups excluding carboxylic acids is 2. The van der Waals surface area contributed by atoms with E-state index in [1.807, 2.05) is 0 Å². The molecule has 0 rings (SSSR count). The zero-order valence-electron chi connectivity index (χ0n) is 10.5. The van der Waals surface area contributed by atoms with Crippen molar-refractivity contribution >= 4 is 11.9 Å². The number of hydrogen-bond donors (Lipinski definition) is 6. The molecule has 0 amide bonds. The van der Waals surface area contributed by atoms with Crippen molar-refractivity contribution in [3.05, 3.63) is 0 Å². The Kier molecular flexibility index (Phi) is 60.3. The first-order valence-corrected chi connectivity index (χ1v) is 2.45. The molecule has 0 saturated heterocycles. The van der Waals surface area contributed by atoms with Crippen LogP contribution in [-0.2, 0) is 26.4 Å². The zero-order chi connectivity index (χ0) is 12.2. The van der Waals surface area contributed by atoms with Gasteiger partial charge in [-0.05, 0) is 0 Å². The predicted molar refractivity (Wildman–Crippen MR) is 52.3 cm³/mol. The largest absolute Gasteiger partial charge is 2.00 e. The summed E-state index contributed by atoms with van der Waals surface area (Å²) in [6, 6.07) is 0. The van der Waals surface area contributed by atoms with Crippen LogP contribution in [0.1, 0.15) is 0 Å². The SMILES string of the molecule is N.N.N.N.N.N.O=C([O-])C(F)(F)F.O=C([O-])C(F)(F)F.[Co+2]. The smallest absolute Gasteiger partial charge is 0.542 e. The van der Waals surface area contributed by atoms with Crippen LogP contribution < -0.4 is 47.1 Å². The molecule has 0 fully saturated rings. The van der Waals surface area contributed by atoms with Gasteiger partial charge in [0.25, 0.3) is 0 Å². The van der Waals surface area contributed by atoms with E-state index in [2.05, 4.69) is 0 Å². The molecule has 0 atom stereocenters. The van der Waals surface area contributed by atoms with Crippen molar-refractivity contribution in [2.24, 2.45) is 0 Å². The topological polar surface area (TPSA) is 290 Å². The number of rotatable bonds is 0. The van der Waals surface area contributed by atoms with Crippen molar-refractivity contribution in [1.82, 2.24) is 36.9 Å². The van der Waals surface area contributed by atoms with E-state index >= 15 is 0 Å². The molecule has 0 bridgehead atoms. The maximum Gasteiger partial charge on any atom is 2.00 e. The summed E-state index contributed by atoms with van der Waals surface area (Å²) in [5.74, 6) is -6.01. The number of carbonyl (C=O) groups is 2. The molecule has 0 aromatic carbocycles. The Labute approximate surface area is 125 Å². The molecule has 0 saturated carbocycles. The maximum absolute atomic E-state index is 10.5. The second-order valence-electron chi connectivity index (χ2n) is 1.57. The van der Waals surface area contributed by atoms with Gasteiger partial charge >= 0.3 is 29.1 Å². The van der Waals surface area contributed by atoms with Crippen LogP contribution in [0, 0.1) is 0 Å². The van der Waals surface area contributed by atoms with Gasteiger partial charge in [-0.2, -0.15) is 26.3 Å². The third kappa shape index (κ3) is 45.5. The van der Waals surface area contributed by atoms with Crippen molar-refractivity contribution < 1.29 is 62.9 Å². The number of halogens is 6. The van der Waals surface area contributed by atoms with E-state index in [1.54, 1.807) is 0 Å². The van der Waals surface area contributed by atoms with Crippen molar-refractivity contribution in [1.29, 1.82) is 0 Å². The average molecular weight is 387 g/mol. The predicted octanol–water partition coefficient (Wildman–Crippen LogP) is -0.433. The molecular formula is C4H18CoF6N6O4. The Morgan fingerprint density at radius 1 is 0.571 bits per heavy atom. The average Bonchev–Trinajstić information content (AvgIpc) is 1.83. The number of carboxylic acid groups (broad SMARTS) is 2. The van der Waals surface area contributed by atoms with Crippen LogP contribution in [0.5, 0.6) is 0 Å². The third-order valence-electron chi connectivity index (χ3n) is 0.463. The fourth-order valence-electron chi connectivity index (χ4n) is 0. The number of alkyl halides is 6. The van der Waals surface area contributed by atoms with Crippen LogP contribution >= 0.6 is 0 Å². The summed E-state index contributed by atoms with van der Waals surface area (Å²) in [6.45, 7) is 0. The molecule has 17 heteroatoms. The summed E-state index contributed by atoms with van der Waals surface area (Å²) < 4.78 is 63.1. The number of carboxylic acids is 2. The fraction of sp³-hybridized carbons (Fsp3) is 0.500. The maximum atomic E-state index is 10.5. The summed E-state index contributed by atoms with van der Waals surface area (Å²) in [7, 11) is 0. The van der Waals surface area contributed by atoms with Crippen LogP contribution in [0.2, 0.25) is 0 Å². The molecule has 0 aliphatic heterocycles. The molecule has 0 aliphatic carbocycles. The summed E-state index contributed by atoms with van der Waals surface area (Å²) >= 11 is 0. The molecule has 10 nitrogen and oxygen atoms in total. The molecule has 139 valence electrons. The van der Waals surface area contributed by atoms with Crippen molar-refractivity contribution in [2.45, 2.75) is 12.4 Å². The van der Waals surface area contributed by atoms with Gasteiger partial charge in [0.2, 0.25) is 0 Å².